The van der Waals surface area contributed by atoms with E-state index >= 15 is 0 Å². The van der Waals surface area contributed by atoms with E-state index < -0.39 is 0 Å². The molecule has 0 radical (unpaired) electrons. The number of rotatable bonds is 15. The zero-order chi connectivity index (χ0) is 50.9. The predicted octanol–water partition coefficient (Wildman–Crippen LogP) is 10.5. The number of nitrogens with one attached hydrogen (secondary N) is 3. The van der Waals surface area contributed by atoms with Crippen molar-refractivity contribution in [2.45, 2.75) is 161 Å². The zero-order valence-electron chi connectivity index (χ0n) is 42.2. The number of hydrogen-bond donors (Lipinski definition) is 6. The van der Waals surface area contributed by atoms with Gasteiger partial charge in [0.05, 0.1) is 54.9 Å². The fourth-order valence-corrected chi connectivity index (χ4v) is 9.59. The number of methoxy groups -OCH3 is 1. The van der Waals surface area contributed by atoms with Gasteiger partial charge in [-0.1, -0.05) is 40.5 Å². The molecule has 1 aliphatic heterocycles. The fraction of sp³-hybridized carbons (Fsp3) is 0.508. The van der Waals surface area contributed by atoms with Crippen LogP contribution in [0.1, 0.15) is 118 Å². The van der Waals surface area contributed by atoms with Gasteiger partial charge in [0.15, 0.2) is 0 Å². The maximum atomic E-state index is 9.62. The van der Waals surface area contributed by atoms with Crippen LogP contribution < -0.4 is 30.2 Å². The first kappa shape index (κ1) is 59.7. The molecule has 18 heteroatoms. The number of nitrogens with zero attached hydrogens (tertiary/aromatic N) is 7. The number of benzene rings is 3. The second kappa shape index (κ2) is 30.4. The van der Waals surface area contributed by atoms with Crippen LogP contribution in [0, 0.1) is 0 Å². The highest BCUT2D eigenvalue weighted by molar-refractivity contribution is 5.85. The van der Waals surface area contributed by atoms with Crippen LogP contribution in [0.25, 0.3) is 32.7 Å². The third-order valence-corrected chi connectivity index (χ3v) is 13.9. The second-order valence-corrected chi connectivity index (χ2v) is 19.5. The average Bonchev–Trinajstić information content (AvgIpc) is 3.44. The highest BCUT2D eigenvalue weighted by Crippen LogP contribution is 2.29. The molecule has 77 heavy (non-hydrogen) atoms. The number of hydrogen-bond acceptors (Lipinski definition) is 18. The summed E-state index contributed by atoms with van der Waals surface area (Å²) < 4.78 is 28.0. The first-order chi connectivity index (χ1) is 36.3. The number of pyridine rings is 1. The molecule has 0 spiro atoms. The monoisotopic (exact) mass is 1060 g/mol. The van der Waals surface area contributed by atoms with Crippen LogP contribution in [0.5, 0.6) is 17.2 Å². The molecule has 1 saturated heterocycles. The van der Waals surface area contributed by atoms with Crippen molar-refractivity contribution in [2.24, 2.45) is 0 Å². The minimum Gasteiger partial charge on any atom is -0.490 e. The van der Waals surface area contributed by atoms with Crippen LogP contribution >= 0.6 is 0 Å². The van der Waals surface area contributed by atoms with E-state index in [1.54, 1.807) is 13.3 Å². The highest BCUT2D eigenvalue weighted by atomic mass is 16.5. The van der Waals surface area contributed by atoms with Gasteiger partial charge in [-0.3, -0.25) is 4.98 Å². The molecule has 4 fully saturated rings. The Morgan fingerprint density at radius 2 is 1.04 bits per heavy atom. The number of fused-ring (bicyclic) bond motifs is 3. The van der Waals surface area contributed by atoms with Gasteiger partial charge in [-0.15, -0.1) is 0 Å². The summed E-state index contributed by atoms with van der Waals surface area (Å²) in [5.74, 6) is 4.24. The normalized spacial score (nSPS) is 21.2. The maximum absolute atomic E-state index is 9.62. The van der Waals surface area contributed by atoms with Crippen molar-refractivity contribution < 1.29 is 39.0 Å². The Morgan fingerprint density at radius 3 is 1.57 bits per heavy atom. The Morgan fingerprint density at radius 1 is 0.519 bits per heavy atom. The van der Waals surface area contributed by atoms with Crippen molar-refractivity contribution in [2.75, 3.05) is 49.5 Å². The largest absolute Gasteiger partial charge is 0.490 e. The lowest BCUT2D eigenvalue weighted by Gasteiger charge is -2.26. The molecule has 18 nitrogen and oxygen atoms in total. The van der Waals surface area contributed by atoms with E-state index in [9.17, 15) is 15.3 Å². The summed E-state index contributed by atoms with van der Waals surface area (Å²) in [4.78, 5) is 31.4. The maximum Gasteiger partial charge on any atom is 0.223 e. The van der Waals surface area contributed by atoms with Gasteiger partial charge in [-0.05, 0) is 120 Å². The van der Waals surface area contributed by atoms with E-state index in [2.05, 4.69) is 50.8 Å². The van der Waals surface area contributed by atoms with Crippen LogP contribution in [-0.4, -0.2) is 126 Å². The molecule has 3 aromatic carbocycles. The third kappa shape index (κ3) is 18.0. The van der Waals surface area contributed by atoms with Gasteiger partial charge in [0, 0.05) is 91.2 Å². The number of ether oxygens (including phenoxy) is 5. The van der Waals surface area contributed by atoms with E-state index in [4.69, 9.17) is 23.7 Å². The van der Waals surface area contributed by atoms with Gasteiger partial charge in [0.25, 0.3) is 0 Å². The van der Waals surface area contributed by atoms with E-state index in [0.29, 0.717) is 55.8 Å². The van der Waals surface area contributed by atoms with Gasteiger partial charge in [-0.25, -0.2) is 29.9 Å². The summed E-state index contributed by atoms with van der Waals surface area (Å²) in [6.45, 7) is 2.99. The van der Waals surface area contributed by atoms with Crippen molar-refractivity contribution in [3.8, 4) is 17.2 Å². The Bertz CT molecular complexity index is 2820. The number of aliphatic hydroxyl groups is 3. The summed E-state index contributed by atoms with van der Waals surface area (Å²) in [5.41, 5.74) is 3.42. The van der Waals surface area contributed by atoms with E-state index in [0.717, 1.165) is 159 Å². The SMILES string of the molecule is C.C.C.COCCOc1cccc2cnc(NC3CCC(O)CC3)nc12.OC1CCC(Nc2ncc3ccc(OC4CCOCC4)cc3n2)CC1.OC1CCC(Nc2ncc3ccc(OCc4ccccn4)cc3n2)CC1. The Balaban J connectivity index is 0.000000184. The number of aliphatic hydroxyl groups excluding tert-OH is 3. The molecule has 7 aromatic rings. The van der Waals surface area contributed by atoms with E-state index in [-0.39, 0.29) is 46.7 Å². The second-order valence-electron chi connectivity index (χ2n) is 19.5. The topological polar surface area (TPSA) is 233 Å². The van der Waals surface area contributed by atoms with Crippen LogP contribution in [0.2, 0.25) is 0 Å². The fourth-order valence-electron chi connectivity index (χ4n) is 9.59. The number of aromatic nitrogens is 7. The molecule has 0 atom stereocenters. The summed E-state index contributed by atoms with van der Waals surface area (Å²) in [6, 6.07) is 24.3. The Hall–Kier alpha value is -6.57. The Labute approximate surface area is 454 Å². The van der Waals surface area contributed by atoms with Gasteiger partial charge in [-0.2, -0.15) is 0 Å². The zero-order valence-corrected chi connectivity index (χ0v) is 42.2. The summed E-state index contributed by atoms with van der Waals surface area (Å²) in [6.07, 6.45) is 19.5. The molecule has 5 heterocycles. The number of para-hydroxylation sites is 1. The molecule has 3 saturated carbocycles. The minimum atomic E-state index is -0.163. The van der Waals surface area contributed by atoms with E-state index in [1.807, 2.05) is 91.4 Å². The molecule has 4 aliphatic rings. The predicted molar refractivity (Wildman–Crippen MR) is 305 cm³/mol. The smallest absolute Gasteiger partial charge is 0.223 e. The van der Waals surface area contributed by atoms with Gasteiger partial charge < -0.3 is 55.0 Å². The summed E-state index contributed by atoms with van der Waals surface area (Å²) in [7, 11) is 1.65. The summed E-state index contributed by atoms with van der Waals surface area (Å²) >= 11 is 0. The van der Waals surface area contributed by atoms with Crippen molar-refractivity contribution >= 4 is 50.6 Å². The van der Waals surface area contributed by atoms with Crippen molar-refractivity contribution in [1.82, 2.24) is 34.9 Å². The minimum absolute atomic E-state index is 0. The molecule has 0 unspecified atom stereocenters. The molecule has 6 N–H and O–H groups in total. The molecule has 3 aliphatic carbocycles. The van der Waals surface area contributed by atoms with Crippen LogP contribution in [0.4, 0.5) is 17.8 Å². The molecular formula is C59H82N10O8. The van der Waals surface area contributed by atoms with Crippen molar-refractivity contribution in [3.63, 3.8) is 0 Å². The highest BCUT2D eigenvalue weighted by Gasteiger charge is 2.23. The lowest BCUT2D eigenvalue weighted by atomic mass is 9.93. The molecule has 0 bridgehead atoms. The first-order valence-electron chi connectivity index (χ1n) is 26.3. The first-order valence-corrected chi connectivity index (χ1v) is 26.3. The van der Waals surface area contributed by atoms with Gasteiger partial charge in [0.1, 0.15) is 42.1 Å². The molecule has 4 aromatic heterocycles. The quantitative estimate of drug-likeness (QED) is 0.0524. The Kier molecular flexibility index (Phi) is 23.6. The molecular weight excluding hydrogens is 977 g/mol. The van der Waals surface area contributed by atoms with Gasteiger partial charge >= 0.3 is 0 Å². The molecule has 416 valence electrons. The van der Waals surface area contributed by atoms with Crippen molar-refractivity contribution in [3.05, 3.63) is 103 Å². The third-order valence-electron chi connectivity index (χ3n) is 13.9. The molecule has 11 rings (SSSR count). The lowest BCUT2D eigenvalue weighted by molar-refractivity contribution is 0.0256. The number of anilines is 3. The van der Waals surface area contributed by atoms with Crippen LogP contribution in [-0.2, 0) is 16.1 Å². The molecule has 0 amide bonds. The van der Waals surface area contributed by atoms with Gasteiger partial charge in [0.2, 0.25) is 17.8 Å². The summed E-state index contributed by atoms with van der Waals surface area (Å²) in [5, 5.41) is 41.9. The lowest BCUT2D eigenvalue weighted by Crippen LogP contribution is -2.28. The average molecular weight is 1060 g/mol. The van der Waals surface area contributed by atoms with Crippen LogP contribution in [0.3, 0.4) is 0 Å². The van der Waals surface area contributed by atoms with E-state index in [1.165, 1.54) is 0 Å². The standard InChI is InChI=1S/C20H22N4O2.C19H25N3O3.C17H23N3O3.3CH4/c25-17-7-5-15(6-8-17)23-20-22-12-14-4-9-18(11-19(14)24-20)26-13-16-3-1-2-10-21-16;23-15-4-2-14(3-5-15)21-19-20-12-13-1-6-17(11-18(13)22-19)25-16-7-9-24-10-8-16;1-22-9-10-23-15-4-2-3-12-11-18-17(20-16(12)15)19-13-5-7-14(21)8-6-13;;;/h1-4,9-12,15,17,25H,5-8,13H2,(H,22,23,24);1,6,11-12,14-16,23H,2-5,7-10H2,(H,20,21,22);2-4,11,13-14,21H,5-10H2,1H3,(H,18,19,20);3*1H4. The van der Waals surface area contributed by atoms with Crippen LogP contribution in [0.15, 0.2) is 97.6 Å². The van der Waals surface area contributed by atoms with Crippen molar-refractivity contribution in [1.29, 1.82) is 0 Å².